The number of cyclic esters (lactones) is 1. The van der Waals surface area contributed by atoms with Gasteiger partial charge in [0.15, 0.2) is 6.10 Å². The number of hydrogen-bond acceptors (Lipinski definition) is 3. The van der Waals surface area contributed by atoms with Gasteiger partial charge in [-0.15, -0.1) is 0 Å². The summed E-state index contributed by atoms with van der Waals surface area (Å²) in [5.74, 6) is 1.36. The van der Waals surface area contributed by atoms with Crippen molar-refractivity contribution in [3.8, 4) is 11.5 Å². The number of amides is 1. The average molecular weight is 442 g/mol. The van der Waals surface area contributed by atoms with E-state index in [4.69, 9.17) is 21.1 Å². The number of carbonyl (C=O) groups excluding carboxylic acids is 1. The second-order valence-corrected chi connectivity index (χ2v) is 7.93. The highest BCUT2D eigenvalue weighted by atomic mass is 35.5. The molecule has 4 aromatic rings. The monoisotopic (exact) mass is 441 g/mol. The number of carbonyl (C=O) groups is 1. The molecule has 0 spiro atoms. The molecule has 1 aliphatic heterocycles. The molecular weight excluding hydrogens is 422 g/mol. The normalized spacial score (nSPS) is 17.8. The van der Waals surface area contributed by atoms with Crippen LogP contribution in [0.2, 0.25) is 5.02 Å². The highest BCUT2D eigenvalue weighted by Crippen LogP contribution is 2.45. The van der Waals surface area contributed by atoms with Crippen LogP contribution in [0.5, 0.6) is 11.5 Å². The largest absolute Gasteiger partial charge is 0.457 e. The summed E-state index contributed by atoms with van der Waals surface area (Å²) in [6.07, 6.45) is -0.782. The zero-order valence-corrected chi connectivity index (χ0v) is 17.9. The topological polar surface area (TPSA) is 38.8 Å². The Bertz CT molecular complexity index is 1200. The highest BCUT2D eigenvalue weighted by molar-refractivity contribution is 6.30. The molecule has 4 aromatic carbocycles. The van der Waals surface area contributed by atoms with Crippen molar-refractivity contribution in [3.05, 3.63) is 125 Å². The van der Waals surface area contributed by atoms with Crippen LogP contribution in [0.25, 0.3) is 0 Å². The van der Waals surface area contributed by atoms with Crippen LogP contribution < -0.4 is 9.64 Å². The van der Waals surface area contributed by atoms with Gasteiger partial charge in [-0.05, 0) is 59.7 Å². The summed E-state index contributed by atoms with van der Waals surface area (Å²) >= 11 is 5.94. The van der Waals surface area contributed by atoms with E-state index < -0.39 is 6.10 Å². The van der Waals surface area contributed by atoms with Crippen LogP contribution in [0.1, 0.15) is 23.3 Å². The first-order chi connectivity index (χ1) is 15.7. The Morgan fingerprint density at radius 1 is 0.688 bits per heavy atom. The Balaban J connectivity index is 1.46. The SMILES string of the molecule is O=C1O[C@@H](c2ccccc2)[C@H](c2ccccc2)N1c1ccc(Oc2ccc(Cl)cc2)cc1. The molecule has 0 bridgehead atoms. The number of rotatable bonds is 5. The first-order valence-corrected chi connectivity index (χ1v) is 10.7. The Hall–Kier alpha value is -3.76. The third-order valence-corrected chi connectivity index (χ3v) is 5.67. The molecule has 0 saturated carbocycles. The van der Waals surface area contributed by atoms with Crippen molar-refractivity contribution >= 4 is 23.4 Å². The summed E-state index contributed by atoms with van der Waals surface area (Å²) in [6, 6.07) is 34.1. The van der Waals surface area contributed by atoms with Crippen LogP contribution >= 0.6 is 11.6 Å². The Morgan fingerprint density at radius 2 is 1.22 bits per heavy atom. The van der Waals surface area contributed by atoms with Gasteiger partial charge in [0.05, 0.1) is 0 Å². The van der Waals surface area contributed by atoms with Gasteiger partial charge in [0.2, 0.25) is 0 Å². The van der Waals surface area contributed by atoms with E-state index in [1.807, 2.05) is 97.1 Å². The number of nitrogens with zero attached hydrogens (tertiary/aromatic N) is 1. The first-order valence-electron chi connectivity index (χ1n) is 10.3. The minimum Gasteiger partial charge on any atom is -0.457 e. The Morgan fingerprint density at radius 3 is 1.81 bits per heavy atom. The molecule has 158 valence electrons. The van der Waals surface area contributed by atoms with Crippen LogP contribution in [-0.4, -0.2) is 6.09 Å². The molecule has 1 amide bonds. The Labute approximate surface area is 191 Å². The average Bonchev–Trinajstić information content (AvgIpc) is 3.19. The van der Waals surface area contributed by atoms with Gasteiger partial charge in [-0.1, -0.05) is 72.3 Å². The van der Waals surface area contributed by atoms with Crippen LogP contribution in [0.15, 0.2) is 109 Å². The molecule has 0 aliphatic carbocycles. The maximum atomic E-state index is 13.0. The van der Waals surface area contributed by atoms with Crippen molar-refractivity contribution in [2.24, 2.45) is 0 Å². The first kappa shape index (κ1) is 20.2. The van der Waals surface area contributed by atoms with Crippen molar-refractivity contribution in [1.29, 1.82) is 0 Å². The van der Waals surface area contributed by atoms with E-state index >= 15 is 0 Å². The summed E-state index contributed by atoms with van der Waals surface area (Å²) in [7, 11) is 0. The Kier molecular flexibility index (Phi) is 5.53. The smallest absolute Gasteiger partial charge is 0.415 e. The maximum absolute atomic E-state index is 13.0. The summed E-state index contributed by atoms with van der Waals surface area (Å²) in [4.78, 5) is 14.7. The number of anilines is 1. The molecule has 0 aromatic heterocycles. The van der Waals surface area contributed by atoms with E-state index in [1.165, 1.54) is 0 Å². The van der Waals surface area contributed by atoms with Crippen LogP contribution in [-0.2, 0) is 4.74 Å². The van der Waals surface area contributed by atoms with Gasteiger partial charge in [-0.2, -0.15) is 0 Å². The van der Waals surface area contributed by atoms with E-state index in [0.29, 0.717) is 16.5 Å². The van der Waals surface area contributed by atoms with Gasteiger partial charge >= 0.3 is 6.09 Å². The lowest BCUT2D eigenvalue weighted by atomic mass is 9.95. The molecule has 1 saturated heterocycles. The van der Waals surface area contributed by atoms with Gasteiger partial charge in [0.1, 0.15) is 17.5 Å². The molecule has 1 heterocycles. The van der Waals surface area contributed by atoms with Crippen molar-refractivity contribution in [3.63, 3.8) is 0 Å². The summed E-state index contributed by atoms with van der Waals surface area (Å²) in [6.45, 7) is 0. The fourth-order valence-electron chi connectivity index (χ4n) is 3.93. The minimum absolute atomic E-state index is 0.283. The second-order valence-electron chi connectivity index (χ2n) is 7.49. The van der Waals surface area contributed by atoms with Crippen LogP contribution in [0.3, 0.4) is 0 Å². The molecule has 1 aliphatic rings. The lowest BCUT2D eigenvalue weighted by molar-refractivity contribution is 0.132. The van der Waals surface area contributed by atoms with E-state index in [0.717, 1.165) is 16.8 Å². The van der Waals surface area contributed by atoms with Gasteiger partial charge in [-0.25, -0.2) is 4.79 Å². The van der Waals surface area contributed by atoms with Crippen LogP contribution in [0, 0.1) is 0 Å². The highest BCUT2D eigenvalue weighted by Gasteiger charge is 2.44. The molecular formula is C27H20ClNO3. The number of ether oxygens (including phenoxy) is 2. The minimum atomic E-state index is -0.406. The van der Waals surface area contributed by atoms with Gasteiger partial charge in [-0.3, -0.25) is 4.90 Å². The number of halogens is 1. The third kappa shape index (κ3) is 4.05. The van der Waals surface area contributed by atoms with Gasteiger partial charge in [0.25, 0.3) is 0 Å². The molecule has 2 atom stereocenters. The lowest BCUT2D eigenvalue weighted by Gasteiger charge is -2.25. The summed E-state index contributed by atoms with van der Waals surface area (Å²) < 4.78 is 11.7. The molecule has 0 unspecified atom stereocenters. The van der Waals surface area contributed by atoms with Crippen molar-refractivity contribution in [1.82, 2.24) is 0 Å². The standard InChI is InChI=1S/C27H20ClNO3/c28-21-11-15-23(16-12-21)31-24-17-13-22(14-18-24)29-25(19-7-3-1-4-8-19)26(32-27(29)30)20-9-5-2-6-10-20/h1-18,25-26H/t25-,26-/m0/s1. The third-order valence-electron chi connectivity index (χ3n) is 5.42. The molecule has 0 N–H and O–H groups in total. The molecule has 1 fully saturated rings. The molecule has 5 rings (SSSR count). The van der Waals surface area contributed by atoms with Crippen LogP contribution in [0.4, 0.5) is 10.5 Å². The van der Waals surface area contributed by atoms with Gasteiger partial charge in [0, 0.05) is 10.7 Å². The predicted molar refractivity (Wildman–Crippen MR) is 125 cm³/mol. The zero-order valence-electron chi connectivity index (χ0n) is 17.1. The fraction of sp³-hybridized carbons (Fsp3) is 0.0741. The molecule has 4 nitrogen and oxygen atoms in total. The van der Waals surface area contributed by atoms with Gasteiger partial charge < -0.3 is 9.47 Å². The van der Waals surface area contributed by atoms with E-state index in [9.17, 15) is 4.79 Å². The quantitative estimate of drug-likeness (QED) is 0.320. The van der Waals surface area contributed by atoms with E-state index in [-0.39, 0.29) is 12.1 Å². The van der Waals surface area contributed by atoms with E-state index in [2.05, 4.69) is 0 Å². The number of benzene rings is 4. The zero-order chi connectivity index (χ0) is 21.9. The maximum Gasteiger partial charge on any atom is 0.415 e. The van der Waals surface area contributed by atoms with Crippen molar-refractivity contribution in [2.45, 2.75) is 12.1 Å². The molecule has 32 heavy (non-hydrogen) atoms. The summed E-state index contributed by atoms with van der Waals surface area (Å²) in [5, 5.41) is 0.653. The lowest BCUT2D eigenvalue weighted by Crippen LogP contribution is -2.27. The molecule has 0 radical (unpaired) electrons. The predicted octanol–water partition coefficient (Wildman–Crippen LogP) is 7.57. The second kappa shape index (κ2) is 8.77. The fourth-order valence-corrected chi connectivity index (χ4v) is 4.05. The molecule has 5 heteroatoms. The van der Waals surface area contributed by atoms with E-state index in [1.54, 1.807) is 17.0 Å². The summed E-state index contributed by atoms with van der Waals surface area (Å²) in [5.41, 5.74) is 2.71. The van der Waals surface area contributed by atoms with Crippen molar-refractivity contribution < 1.29 is 14.3 Å². The number of hydrogen-bond donors (Lipinski definition) is 0. The van der Waals surface area contributed by atoms with Crippen molar-refractivity contribution in [2.75, 3.05) is 4.90 Å².